The van der Waals surface area contributed by atoms with Crippen LogP contribution in [0.2, 0.25) is 0 Å². The molecule has 28 heavy (non-hydrogen) atoms. The van der Waals surface area contributed by atoms with Crippen LogP contribution in [0.4, 0.5) is 0 Å². The van der Waals surface area contributed by atoms with Gasteiger partial charge in [-0.05, 0) is 37.8 Å². The molecule has 1 aliphatic rings. The number of benzene rings is 2. The molecule has 5 heteroatoms. The topological polar surface area (TPSA) is 74.4 Å². The third-order valence-corrected chi connectivity index (χ3v) is 4.62. The van der Waals surface area contributed by atoms with Crippen LogP contribution in [0.3, 0.4) is 0 Å². The van der Waals surface area contributed by atoms with E-state index in [1.165, 1.54) is 0 Å². The summed E-state index contributed by atoms with van der Waals surface area (Å²) in [5, 5.41) is 1.99. The number of aromatic nitrogens is 1. The Morgan fingerprint density at radius 3 is 2.61 bits per heavy atom. The Hall–Kier alpha value is -3.34. The Labute approximate surface area is 163 Å². The van der Waals surface area contributed by atoms with Gasteiger partial charge in [-0.25, -0.2) is 4.79 Å². The Balaban J connectivity index is 1.93. The van der Waals surface area contributed by atoms with E-state index in [0.29, 0.717) is 11.3 Å². The number of pyridine rings is 1. The number of nitrogens with two attached hydrogens (primary N) is 1. The van der Waals surface area contributed by atoms with E-state index in [9.17, 15) is 4.79 Å². The van der Waals surface area contributed by atoms with Crippen LogP contribution in [0.25, 0.3) is 10.8 Å². The van der Waals surface area contributed by atoms with Crippen molar-refractivity contribution >= 4 is 16.7 Å². The molecule has 3 aromatic rings. The number of nitrogens with zero attached hydrogens (tertiary/aromatic N) is 1. The van der Waals surface area contributed by atoms with Crippen LogP contribution in [-0.4, -0.2) is 16.6 Å². The van der Waals surface area contributed by atoms with Crippen molar-refractivity contribution in [3.63, 3.8) is 0 Å². The zero-order valence-corrected chi connectivity index (χ0v) is 16.1. The summed E-state index contributed by atoms with van der Waals surface area (Å²) in [4.78, 5) is 17.3. The van der Waals surface area contributed by atoms with Gasteiger partial charge >= 0.3 is 5.97 Å². The Morgan fingerprint density at radius 1 is 1.11 bits per heavy atom. The van der Waals surface area contributed by atoms with Gasteiger partial charge in [-0.1, -0.05) is 42.5 Å². The minimum atomic E-state index is -0.645. The molecule has 2 aromatic carbocycles. The van der Waals surface area contributed by atoms with Crippen molar-refractivity contribution in [1.82, 2.24) is 4.98 Å². The van der Waals surface area contributed by atoms with E-state index in [4.69, 9.17) is 15.2 Å². The van der Waals surface area contributed by atoms with Crippen molar-refractivity contribution in [3.05, 3.63) is 83.5 Å². The first kappa shape index (κ1) is 18.0. The lowest BCUT2D eigenvalue weighted by Gasteiger charge is -2.31. The zero-order valence-electron chi connectivity index (χ0n) is 16.1. The van der Waals surface area contributed by atoms with Gasteiger partial charge in [0.1, 0.15) is 16.9 Å². The second-order valence-electron chi connectivity index (χ2n) is 7.81. The Bertz CT molecular complexity index is 1080. The van der Waals surface area contributed by atoms with Gasteiger partial charge < -0.3 is 15.2 Å². The van der Waals surface area contributed by atoms with E-state index in [1.54, 1.807) is 12.4 Å². The quantitative estimate of drug-likeness (QED) is 0.678. The summed E-state index contributed by atoms with van der Waals surface area (Å²) >= 11 is 0. The summed E-state index contributed by atoms with van der Waals surface area (Å²) in [5.41, 5.74) is 7.64. The van der Waals surface area contributed by atoms with Gasteiger partial charge in [-0.15, -0.1) is 0 Å². The minimum absolute atomic E-state index is 0.0620. The zero-order chi connectivity index (χ0) is 19.9. The standard InChI is InChI=1S/C23H22N2O3/c1-23(2,3)28-22(26)19-18(15-8-6-12-25-13-15)17-11-10-14-7-4-5-9-16(14)20(17)27-21(19)24/h4-13,18H,24H2,1-3H3. The molecule has 0 bridgehead atoms. The van der Waals surface area contributed by atoms with Crippen molar-refractivity contribution in [2.45, 2.75) is 32.3 Å². The van der Waals surface area contributed by atoms with Crippen LogP contribution in [0.1, 0.15) is 37.8 Å². The van der Waals surface area contributed by atoms with Gasteiger partial charge in [0.15, 0.2) is 0 Å². The first-order valence-electron chi connectivity index (χ1n) is 9.17. The summed E-state index contributed by atoms with van der Waals surface area (Å²) in [5.74, 6) is -0.182. The lowest BCUT2D eigenvalue weighted by molar-refractivity contribution is -0.150. The van der Waals surface area contributed by atoms with E-state index in [-0.39, 0.29) is 5.88 Å². The molecular formula is C23H22N2O3. The Morgan fingerprint density at radius 2 is 1.89 bits per heavy atom. The van der Waals surface area contributed by atoms with Crippen molar-refractivity contribution < 1.29 is 14.3 Å². The number of hydrogen-bond donors (Lipinski definition) is 1. The number of fused-ring (bicyclic) bond motifs is 3. The number of hydrogen-bond acceptors (Lipinski definition) is 5. The molecule has 1 atom stereocenters. The molecule has 1 aliphatic heterocycles. The fraction of sp³-hybridized carbons (Fsp3) is 0.217. The molecule has 0 fully saturated rings. The predicted molar refractivity (Wildman–Crippen MR) is 108 cm³/mol. The smallest absolute Gasteiger partial charge is 0.340 e. The lowest BCUT2D eigenvalue weighted by atomic mass is 9.82. The highest BCUT2D eigenvalue weighted by Crippen LogP contribution is 2.45. The first-order valence-corrected chi connectivity index (χ1v) is 9.17. The normalized spacial score (nSPS) is 16.5. The fourth-order valence-electron chi connectivity index (χ4n) is 3.51. The monoisotopic (exact) mass is 374 g/mol. The highest BCUT2D eigenvalue weighted by molar-refractivity contribution is 5.96. The SMILES string of the molecule is CC(C)(C)OC(=O)C1=C(N)Oc2c(ccc3ccccc23)C1c1cccnc1. The molecule has 0 amide bonds. The molecule has 0 spiro atoms. The van der Waals surface area contributed by atoms with Gasteiger partial charge in [0, 0.05) is 23.3 Å². The maximum atomic E-state index is 13.0. The minimum Gasteiger partial charge on any atom is -0.456 e. The molecule has 4 rings (SSSR count). The molecule has 2 heterocycles. The Kier molecular flexibility index (Phi) is 4.30. The van der Waals surface area contributed by atoms with Crippen molar-refractivity contribution in [3.8, 4) is 5.75 Å². The summed E-state index contributed by atoms with van der Waals surface area (Å²) < 4.78 is 11.6. The van der Waals surface area contributed by atoms with E-state index in [0.717, 1.165) is 21.9 Å². The second kappa shape index (κ2) is 6.68. The highest BCUT2D eigenvalue weighted by atomic mass is 16.6. The lowest BCUT2D eigenvalue weighted by Crippen LogP contribution is -2.32. The summed E-state index contributed by atoms with van der Waals surface area (Å²) in [7, 11) is 0. The van der Waals surface area contributed by atoms with Gasteiger partial charge in [0.05, 0.1) is 5.92 Å². The van der Waals surface area contributed by atoms with Gasteiger partial charge in [0.2, 0.25) is 5.88 Å². The highest BCUT2D eigenvalue weighted by Gasteiger charge is 2.37. The van der Waals surface area contributed by atoms with Crippen molar-refractivity contribution in [2.75, 3.05) is 0 Å². The average Bonchev–Trinajstić information content (AvgIpc) is 2.66. The van der Waals surface area contributed by atoms with Crippen molar-refractivity contribution in [2.24, 2.45) is 5.73 Å². The van der Waals surface area contributed by atoms with E-state index in [1.807, 2.05) is 69.3 Å². The summed E-state index contributed by atoms with van der Waals surface area (Å²) in [6.45, 7) is 5.48. The van der Waals surface area contributed by atoms with Crippen LogP contribution in [-0.2, 0) is 9.53 Å². The average molecular weight is 374 g/mol. The van der Waals surface area contributed by atoms with Crippen molar-refractivity contribution in [1.29, 1.82) is 0 Å². The van der Waals surface area contributed by atoms with Gasteiger partial charge in [0.25, 0.3) is 0 Å². The molecule has 1 aromatic heterocycles. The third-order valence-electron chi connectivity index (χ3n) is 4.62. The number of carbonyl (C=O) groups is 1. The van der Waals surface area contributed by atoms with Crippen LogP contribution >= 0.6 is 0 Å². The largest absolute Gasteiger partial charge is 0.456 e. The molecule has 142 valence electrons. The van der Waals surface area contributed by atoms with E-state index in [2.05, 4.69) is 4.98 Å². The number of carbonyl (C=O) groups excluding carboxylic acids is 1. The molecule has 2 N–H and O–H groups in total. The number of ether oxygens (including phenoxy) is 2. The number of esters is 1. The molecule has 0 radical (unpaired) electrons. The maximum absolute atomic E-state index is 13.0. The van der Waals surface area contributed by atoms with Crippen LogP contribution in [0.5, 0.6) is 5.75 Å². The molecular weight excluding hydrogens is 352 g/mol. The van der Waals surface area contributed by atoms with E-state index >= 15 is 0 Å². The second-order valence-corrected chi connectivity index (χ2v) is 7.81. The molecule has 1 unspecified atom stereocenters. The van der Waals surface area contributed by atoms with Gasteiger partial charge in [-0.2, -0.15) is 0 Å². The van der Waals surface area contributed by atoms with Crippen LogP contribution in [0.15, 0.2) is 72.4 Å². The number of rotatable bonds is 2. The fourth-order valence-corrected chi connectivity index (χ4v) is 3.51. The summed E-state index contributed by atoms with van der Waals surface area (Å²) in [6.07, 6.45) is 3.44. The summed E-state index contributed by atoms with van der Waals surface area (Å²) in [6, 6.07) is 15.7. The van der Waals surface area contributed by atoms with Crippen LogP contribution in [0, 0.1) is 0 Å². The van der Waals surface area contributed by atoms with Gasteiger partial charge in [-0.3, -0.25) is 4.98 Å². The van der Waals surface area contributed by atoms with Crippen LogP contribution < -0.4 is 10.5 Å². The first-order chi connectivity index (χ1) is 13.3. The molecule has 0 aliphatic carbocycles. The molecule has 5 nitrogen and oxygen atoms in total. The third kappa shape index (κ3) is 3.20. The predicted octanol–water partition coefficient (Wildman–Crippen LogP) is 4.27. The van der Waals surface area contributed by atoms with E-state index < -0.39 is 17.5 Å². The molecule has 0 saturated heterocycles. The molecule has 0 saturated carbocycles. The maximum Gasteiger partial charge on any atom is 0.340 e.